The van der Waals surface area contributed by atoms with Gasteiger partial charge in [-0.25, -0.2) is 4.68 Å². The molecular formula is C18H15Cl2N3. The van der Waals surface area contributed by atoms with E-state index in [2.05, 4.69) is 30.4 Å². The van der Waals surface area contributed by atoms with E-state index in [0.29, 0.717) is 10.0 Å². The standard InChI is InChI=1S/C18H15Cl2N3/c1-11-3-2-4-13(9-11)23-18-14(7-8-21-18)17(22-23)12-5-6-15(19)16(20)10-12/h2-6,9-10,21H,7-8H2,1H3. The van der Waals surface area contributed by atoms with Gasteiger partial charge in [-0.3, -0.25) is 0 Å². The molecule has 0 fully saturated rings. The lowest BCUT2D eigenvalue weighted by molar-refractivity contribution is 0.881. The molecule has 2 heterocycles. The van der Waals surface area contributed by atoms with E-state index in [1.54, 1.807) is 0 Å². The molecular weight excluding hydrogens is 329 g/mol. The van der Waals surface area contributed by atoms with E-state index in [1.807, 2.05) is 28.9 Å². The van der Waals surface area contributed by atoms with E-state index in [-0.39, 0.29) is 0 Å². The Bertz CT molecular complexity index is 899. The van der Waals surface area contributed by atoms with E-state index >= 15 is 0 Å². The SMILES string of the molecule is Cc1cccc(-n2nc(-c3ccc(Cl)c(Cl)c3)c3c2NCC3)c1. The molecule has 3 nitrogen and oxygen atoms in total. The average molecular weight is 344 g/mol. The van der Waals surface area contributed by atoms with Crippen molar-refractivity contribution in [1.29, 1.82) is 0 Å². The zero-order valence-electron chi connectivity index (χ0n) is 12.6. The molecule has 1 aliphatic heterocycles. The lowest BCUT2D eigenvalue weighted by atomic mass is 10.1. The summed E-state index contributed by atoms with van der Waals surface area (Å²) in [4.78, 5) is 0. The number of rotatable bonds is 2. The first-order valence-corrected chi connectivity index (χ1v) is 8.27. The largest absolute Gasteiger partial charge is 0.369 e. The maximum absolute atomic E-state index is 6.18. The number of nitrogens with zero attached hydrogens (tertiary/aromatic N) is 2. The van der Waals surface area contributed by atoms with Crippen molar-refractivity contribution in [3.8, 4) is 16.9 Å². The smallest absolute Gasteiger partial charge is 0.133 e. The predicted molar refractivity (Wildman–Crippen MR) is 96.0 cm³/mol. The Balaban J connectivity index is 1.89. The molecule has 0 aliphatic carbocycles. The maximum atomic E-state index is 6.18. The van der Waals surface area contributed by atoms with Crippen molar-refractivity contribution in [2.24, 2.45) is 0 Å². The van der Waals surface area contributed by atoms with E-state index in [0.717, 1.165) is 35.7 Å². The van der Waals surface area contributed by atoms with Crippen LogP contribution >= 0.6 is 23.2 Å². The van der Waals surface area contributed by atoms with Crippen molar-refractivity contribution >= 4 is 29.0 Å². The van der Waals surface area contributed by atoms with Gasteiger partial charge in [0.1, 0.15) is 5.82 Å². The summed E-state index contributed by atoms with van der Waals surface area (Å²) in [6, 6.07) is 14.0. The Hall–Kier alpha value is -1.97. The molecule has 0 saturated carbocycles. The van der Waals surface area contributed by atoms with Crippen molar-refractivity contribution in [3.05, 3.63) is 63.6 Å². The predicted octanol–water partition coefficient (Wildman–Crippen LogP) is 5.12. The van der Waals surface area contributed by atoms with Crippen LogP contribution in [0.3, 0.4) is 0 Å². The van der Waals surface area contributed by atoms with Gasteiger partial charge in [0, 0.05) is 17.7 Å². The molecule has 0 bridgehead atoms. The molecule has 1 N–H and O–H groups in total. The summed E-state index contributed by atoms with van der Waals surface area (Å²) < 4.78 is 1.98. The topological polar surface area (TPSA) is 29.9 Å². The highest BCUT2D eigenvalue weighted by molar-refractivity contribution is 6.42. The van der Waals surface area contributed by atoms with E-state index in [1.165, 1.54) is 11.1 Å². The van der Waals surface area contributed by atoms with Crippen LogP contribution in [0.4, 0.5) is 5.82 Å². The van der Waals surface area contributed by atoms with Gasteiger partial charge >= 0.3 is 0 Å². The van der Waals surface area contributed by atoms with Crippen molar-refractivity contribution in [2.45, 2.75) is 13.3 Å². The quantitative estimate of drug-likeness (QED) is 0.699. The Morgan fingerprint density at radius 2 is 1.96 bits per heavy atom. The van der Waals surface area contributed by atoms with E-state index in [9.17, 15) is 0 Å². The summed E-state index contributed by atoms with van der Waals surface area (Å²) in [7, 11) is 0. The summed E-state index contributed by atoms with van der Waals surface area (Å²) in [5.74, 6) is 1.07. The summed E-state index contributed by atoms with van der Waals surface area (Å²) in [6.45, 7) is 3.01. The minimum atomic E-state index is 0.550. The Kier molecular flexibility index (Phi) is 3.55. The summed E-state index contributed by atoms with van der Waals surface area (Å²) >= 11 is 12.2. The molecule has 5 heteroatoms. The fraction of sp³-hybridized carbons (Fsp3) is 0.167. The Labute approximate surface area is 144 Å². The normalized spacial score (nSPS) is 13.0. The Morgan fingerprint density at radius 3 is 2.74 bits per heavy atom. The minimum absolute atomic E-state index is 0.550. The number of fused-ring (bicyclic) bond motifs is 1. The molecule has 0 spiro atoms. The van der Waals surface area contributed by atoms with Gasteiger partial charge < -0.3 is 5.32 Å². The molecule has 4 rings (SSSR count). The zero-order chi connectivity index (χ0) is 16.0. The van der Waals surface area contributed by atoms with Crippen molar-refractivity contribution in [2.75, 3.05) is 11.9 Å². The number of aryl methyl sites for hydroxylation is 1. The second-order valence-corrected chi connectivity index (χ2v) is 6.55. The number of anilines is 1. The molecule has 0 radical (unpaired) electrons. The fourth-order valence-corrected chi connectivity index (χ4v) is 3.29. The number of benzene rings is 2. The molecule has 0 atom stereocenters. The number of nitrogens with one attached hydrogen (secondary N) is 1. The molecule has 1 aliphatic rings. The van der Waals surface area contributed by atoms with Crippen LogP contribution in [0.15, 0.2) is 42.5 Å². The molecule has 23 heavy (non-hydrogen) atoms. The van der Waals surface area contributed by atoms with Gasteiger partial charge in [-0.05, 0) is 43.2 Å². The number of hydrogen-bond donors (Lipinski definition) is 1. The fourth-order valence-electron chi connectivity index (χ4n) is 3.00. The average Bonchev–Trinajstić information content (AvgIpc) is 3.12. The van der Waals surface area contributed by atoms with Crippen LogP contribution in [-0.4, -0.2) is 16.3 Å². The summed E-state index contributed by atoms with van der Waals surface area (Å²) in [6.07, 6.45) is 0.955. The van der Waals surface area contributed by atoms with Crippen LogP contribution in [0, 0.1) is 6.92 Å². The highest BCUT2D eigenvalue weighted by Gasteiger charge is 2.24. The molecule has 3 aromatic rings. The molecule has 2 aromatic carbocycles. The first-order chi connectivity index (χ1) is 11.1. The van der Waals surface area contributed by atoms with Gasteiger partial charge in [0.15, 0.2) is 0 Å². The van der Waals surface area contributed by atoms with Crippen LogP contribution < -0.4 is 5.32 Å². The van der Waals surface area contributed by atoms with Crippen molar-refractivity contribution in [1.82, 2.24) is 9.78 Å². The molecule has 0 unspecified atom stereocenters. The maximum Gasteiger partial charge on any atom is 0.133 e. The molecule has 116 valence electrons. The van der Waals surface area contributed by atoms with Gasteiger partial charge in [-0.15, -0.1) is 0 Å². The van der Waals surface area contributed by atoms with Gasteiger partial charge in [-0.1, -0.05) is 41.4 Å². The lowest BCUT2D eigenvalue weighted by Gasteiger charge is -2.07. The van der Waals surface area contributed by atoms with Crippen molar-refractivity contribution < 1.29 is 0 Å². The summed E-state index contributed by atoms with van der Waals surface area (Å²) in [5, 5.41) is 9.39. The third-order valence-corrected chi connectivity index (χ3v) is 4.83. The third kappa shape index (κ3) is 2.50. The van der Waals surface area contributed by atoms with Crippen LogP contribution in [0.2, 0.25) is 10.0 Å². The first-order valence-electron chi connectivity index (χ1n) is 7.52. The Morgan fingerprint density at radius 1 is 1.09 bits per heavy atom. The molecule has 0 saturated heterocycles. The van der Waals surface area contributed by atoms with Crippen LogP contribution in [0.1, 0.15) is 11.1 Å². The van der Waals surface area contributed by atoms with Crippen LogP contribution in [0.25, 0.3) is 16.9 Å². The second kappa shape index (κ2) is 5.59. The van der Waals surface area contributed by atoms with Gasteiger partial charge in [0.05, 0.1) is 21.4 Å². The lowest BCUT2D eigenvalue weighted by Crippen LogP contribution is -2.04. The highest BCUT2D eigenvalue weighted by Crippen LogP contribution is 2.36. The number of aromatic nitrogens is 2. The van der Waals surface area contributed by atoms with Crippen LogP contribution in [-0.2, 0) is 6.42 Å². The van der Waals surface area contributed by atoms with Crippen molar-refractivity contribution in [3.63, 3.8) is 0 Å². The second-order valence-electron chi connectivity index (χ2n) is 5.73. The molecule has 0 amide bonds. The van der Waals surface area contributed by atoms with Gasteiger partial charge in [0.25, 0.3) is 0 Å². The van der Waals surface area contributed by atoms with Gasteiger partial charge in [0.2, 0.25) is 0 Å². The summed E-state index contributed by atoms with van der Waals surface area (Å²) in [5.41, 5.74) is 5.45. The third-order valence-electron chi connectivity index (χ3n) is 4.09. The zero-order valence-corrected chi connectivity index (χ0v) is 14.1. The monoisotopic (exact) mass is 343 g/mol. The van der Waals surface area contributed by atoms with Gasteiger partial charge in [-0.2, -0.15) is 5.10 Å². The minimum Gasteiger partial charge on any atom is -0.369 e. The van der Waals surface area contributed by atoms with E-state index in [4.69, 9.17) is 28.3 Å². The molecule has 1 aromatic heterocycles. The number of halogens is 2. The highest BCUT2D eigenvalue weighted by atomic mass is 35.5. The number of hydrogen-bond acceptors (Lipinski definition) is 2. The first kappa shape index (κ1) is 14.6. The van der Waals surface area contributed by atoms with E-state index < -0.39 is 0 Å². The van der Waals surface area contributed by atoms with Crippen LogP contribution in [0.5, 0.6) is 0 Å².